The zero-order valence-corrected chi connectivity index (χ0v) is 18.5. The van der Waals surface area contributed by atoms with E-state index in [1.54, 1.807) is 0 Å². The van der Waals surface area contributed by atoms with E-state index in [1.165, 1.54) is 16.9 Å². The minimum absolute atomic E-state index is 0.00300. The average molecular weight is 434 g/mol. The third-order valence-corrected chi connectivity index (χ3v) is 6.03. The van der Waals surface area contributed by atoms with E-state index in [-0.39, 0.29) is 5.91 Å². The second-order valence-corrected chi connectivity index (χ2v) is 8.47. The SMILES string of the molecule is Cc1ccc(OCCCn2c(CCCNC(=O)c3cccs3)nc3ccccc32)cc1. The highest BCUT2D eigenvalue weighted by molar-refractivity contribution is 7.12. The lowest BCUT2D eigenvalue weighted by Crippen LogP contribution is -2.24. The van der Waals surface area contributed by atoms with Gasteiger partial charge in [-0.3, -0.25) is 4.79 Å². The van der Waals surface area contributed by atoms with Crippen LogP contribution in [-0.2, 0) is 13.0 Å². The Morgan fingerprint density at radius 3 is 2.71 bits per heavy atom. The summed E-state index contributed by atoms with van der Waals surface area (Å²) in [5.41, 5.74) is 3.39. The Morgan fingerprint density at radius 1 is 1.06 bits per heavy atom. The molecule has 0 fully saturated rings. The number of hydrogen-bond acceptors (Lipinski definition) is 4. The molecule has 2 heterocycles. The van der Waals surface area contributed by atoms with Crippen molar-refractivity contribution in [2.45, 2.75) is 32.7 Å². The molecule has 6 heteroatoms. The van der Waals surface area contributed by atoms with E-state index in [9.17, 15) is 4.79 Å². The van der Waals surface area contributed by atoms with Crippen molar-refractivity contribution < 1.29 is 9.53 Å². The fourth-order valence-electron chi connectivity index (χ4n) is 3.56. The molecule has 5 nitrogen and oxygen atoms in total. The van der Waals surface area contributed by atoms with Crippen molar-refractivity contribution in [2.24, 2.45) is 0 Å². The second-order valence-electron chi connectivity index (χ2n) is 7.52. The largest absolute Gasteiger partial charge is 0.494 e. The normalized spacial score (nSPS) is 11.0. The van der Waals surface area contributed by atoms with Crippen LogP contribution in [0.15, 0.2) is 66.0 Å². The molecule has 160 valence electrons. The highest BCUT2D eigenvalue weighted by atomic mass is 32.1. The molecular formula is C25H27N3O2S. The van der Waals surface area contributed by atoms with Crippen molar-refractivity contribution in [3.63, 3.8) is 0 Å². The Labute approximate surface area is 186 Å². The Morgan fingerprint density at radius 2 is 1.90 bits per heavy atom. The number of nitrogens with zero attached hydrogens (tertiary/aromatic N) is 2. The summed E-state index contributed by atoms with van der Waals surface area (Å²) in [5.74, 6) is 1.96. The lowest BCUT2D eigenvalue weighted by Gasteiger charge is -2.11. The van der Waals surface area contributed by atoms with Crippen molar-refractivity contribution in [2.75, 3.05) is 13.2 Å². The van der Waals surface area contributed by atoms with Crippen LogP contribution in [0.2, 0.25) is 0 Å². The number of nitrogens with one attached hydrogen (secondary N) is 1. The van der Waals surface area contributed by atoms with Crippen LogP contribution in [-0.4, -0.2) is 28.6 Å². The summed E-state index contributed by atoms with van der Waals surface area (Å²) in [5, 5.41) is 4.91. The number of rotatable bonds is 10. The summed E-state index contributed by atoms with van der Waals surface area (Å²) in [7, 11) is 0. The van der Waals surface area contributed by atoms with Gasteiger partial charge in [0.2, 0.25) is 0 Å². The number of thiophene rings is 1. The summed E-state index contributed by atoms with van der Waals surface area (Å²) >= 11 is 1.46. The van der Waals surface area contributed by atoms with Crippen molar-refractivity contribution in [1.29, 1.82) is 0 Å². The molecule has 0 atom stereocenters. The molecule has 0 aliphatic rings. The van der Waals surface area contributed by atoms with Crippen molar-refractivity contribution in [3.8, 4) is 5.75 Å². The fourth-order valence-corrected chi connectivity index (χ4v) is 4.20. The molecule has 0 saturated heterocycles. The predicted octanol–water partition coefficient (Wildman–Crippen LogP) is 5.24. The maximum absolute atomic E-state index is 12.1. The van der Waals surface area contributed by atoms with E-state index in [2.05, 4.69) is 41.1 Å². The van der Waals surface area contributed by atoms with E-state index >= 15 is 0 Å². The van der Waals surface area contributed by atoms with Crippen molar-refractivity contribution in [1.82, 2.24) is 14.9 Å². The molecule has 31 heavy (non-hydrogen) atoms. The first kappa shape index (κ1) is 21.1. The molecule has 0 radical (unpaired) electrons. The summed E-state index contributed by atoms with van der Waals surface area (Å²) < 4.78 is 8.18. The number of carbonyl (C=O) groups is 1. The van der Waals surface area contributed by atoms with Crippen molar-refractivity contribution >= 4 is 28.3 Å². The first-order valence-electron chi connectivity index (χ1n) is 10.7. The molecule has 0 saturated carbocycles. The molecule has 0 unspecified atom stereocenters. The zero-order chi connectivity index (χ0) is 21.5. The monoisotopic (exact) mass is 433 g/mol. The van der Waals surface area contributed by atoms with E-state index in [1.807, 2.05) is 41.8 Å². The van der Waals surface area contributed by atoms with Crippen molar-refractivity contribution in [3.05, 3.63) is 82.3 Å². The molecule has 1 amide bonds. The Bertz CT molecular complexity index is 1120. The van der Waals surface area contributed by atoms with Gasteiger partial charge in [-0.25, -0.2) is 4.98 Å². The second kappa shape index (κ2) is 10.3. The van der Waals surface area contributed by atoms with E-state index in [0.717, 1.165) is 53.3 Å². The van der Waals surface area contributed by atoms with Gasteiger partial charge in [0, 0.05) is 19.5 Å². The minimum atomic E-state index is -0.00300. The van der Waals surface area contributed by atoms with Gasteiger partial charge in [0.05, 0.1) is 22.5 Å². The average Bonchev–Trinajstić information content (AvgIpc) is 3.44. The standard InChI is InChI=1S/C25H27N3O2S/c1-19-11-13-20(14-12-19)30-17-6-16-28-22-8-3-2-7-21(22)27-24(28)10-4-15-26-25(29)23-9-5-18-31-23/h2-3,5,7-9,11-14,18H,4,6,10,15-17H2,1H3,(H,26,29). The number of para-hydroxylation sites is 2. The van der Waals surface area contributed by atoms with Gasteiger partial charge < -0.3 is 14.6 Å². The highest BCUT2D eigenvalue weighted by Gasteiger charge is 2.11. The number of imidazole rings is 1. The number of ether oxygens (including phenoxy) is 1. The Balaban J connectivity index is 1.32. The van der Waals surface area contributed by atoms with Gasteiger partial charge in [0.1, 0.15) is 11.6 Å². The Hall–Kier alpha value is -3.12. The van der Waals surface area contributed by atoms with E-state index < -0.39 is 0 Å². The number of hydrogen-bond donors (Lipinski definition) is 1. The van der Waals surface area contributed by atoms with Crippen LogP contribution in [0, 0.1) is 6.92 Å². The molecular weight excluding hydrogens is 406 g/mol. The number of aromatic nitrogens is 2. The molecule has 0 aliphatic carbocycles. The Kier molecular flexibility index (Phi) is 6.99. The van der Waals surface area contributed by atoms with Crippen LogP contribution in [0.4, 0.5) is 0 Å². The van der Waals surface area contributed by atoms with Gasteiger partial charge in [-0.1, -0.05) is 35.9 Å². The summed E-state index contributed by atoms with van der Waals surface area (Å²) in [6.07, 6.45) is 2.56. The van der Waals surface area contributed by atoms with Crippen LogP contribution in [0.5, 0.6) is 5.75 Å². The predicted molar refractivity (Wildman–Crippen MR) is 126 cm³/mol. The summed E-state index contributed by atoms with van der Waals surface area (Å²) in [6.45, 7) is 4.22. The van der Waals surface area contributed by atoms with Gasteiger partial charge in [-0.05, 0) is 55.5 Å². The molecule has 0 aliphatic heterocycles. The number of aryl methyl sites for hydroxylation is 3. The number of fused-ring (bicyclic) bond motifs is 1. The van der Waals surface area contributed by atoms with Crippen LogP contribution >= 0.6 is 11.3 Å². The smallest absolute Gasteiger partial charge is 0.261 e. The zero-order valence-electron chi connectivity index (χ0n) is 17.7. The van der Waals surface area contributed by atoms with Crippen LogP contribution < -0.4 is 10.1 Å². The molecule has 0 bridgehead atoms. The third-order valence-electron chi connectivity index (χ3n) is 5.16. The molecule has 1 N–H and O–H groups in total. The number of carbonyl (C=O) groups excluding carboxylic acids is 1. The molecule has 2 aromatic heterocycles. The maximum atomic E-state index is 12.1. The summed E-state index contributed by atoms with van der Waals surface area (Å²) in [4.78, 5) is 17.7. The van der Waals surface area contributed by atoms with Gasteiger partial charge in [-0.2, -0.15) is 0 Å². The molecule has 0 spiro atoms. The first-order valence-corrected chi connectivity index (χ1v) is 11.5. The first-order chi connectivity index (χ1) is 15.2. The lowest BCUT2D eigenvalue weighted by atomic mass is 10.2. The third kappa shape index (κ3) is 5.52. The minimum Gasteiger partial charge on any atom is -0.494 e. The van der Waals surface area contributed by atoms with E-state index in [0.29, 0.717) is 13.2 Å². The van der Waals surface area contributed by atoms with Gasteiger partial charge in [0.15, 0.2) is 0 Å². The van der Waals surface area contributed by atoms with Crippen LogP contribution in [0.3, 0.4) is 0 Å². The van der Waals surface area contributed by atoms with Gasteiger partial charge in [0.25, 0.3) is 5.91 Å². The van der Waals surface area contributed by atoms with E-state index in [4.69, 9.17) is 9.72 Å². The molecule has 4 rings (SSSR count). The topological polar surface area (TPSA) is 56.1 Å². The highest BCUT2D eigenvalue weighted by Crippen LogP contribution is 2.18. The number of benzene rings is 2. The molecule has 4 aromatic rings. The van der Waals surface area contributed by atoms with Crippen LogP contribution in [0.25, 0.3) is 11.0 Å². The number of amides is 1. The maximum Gasteiger partial charge on any atom is 0.261 e. The van der Waals surface area contributed by atoms with Gasteiger partial charge >= 0.3 is 0 Å². The van der Waals surface area contributed by atoms with Gasteiger partial charge in [-0.15, -0.1) is 11.3 Å². The van der Waals surface area contributed by atoms with Crippen LogP contribution in [0.1, 0.15) is 33.9 Å². The lowest BCUT2D eigenvalue weighted by molar-refractivity contribution is 0.0957. The fraction of sp³-hybridized carbons (Fsp3) is 0.280. The quantitative estimate of drug-likeness (QED) is 0.348. The summed E-state index contributed by atoms with van der Waals surface area (Å²) in [6, 6.07) is 20.1. The molecule has 2 aromatic carbocycles.